The molecule has 2 aliphatic rings. The number of nitrogens with zero attached hydrogens (tertiary/aromatic N) is 1. The van der Waals surface area contributed by atoms with Gasteiger partial charge < -0.3 is 34.1 Å². The van der Waals surface area contributed by atoms with Crippen LogP contribution in [0, 0.1) is 6.92 Å². The number of aliphatic carboxylic acids is 1. The van der Waals surface area contributed by atoms with Crippen molar-refractivity contribution < 1.29 is 38.4 Å². The number of ether oxygens (including phenoxy) is 5. The summed E-state index contributed by atoms with van der Waals surface area (Å²) in [6.07, 6.45) is 1.90. The van der Waals surface area contributed by atoms with E-state index in [2.05, 4.69) is 18.3 Å². The summed E-state index contributed by atoms with van der Waals surface area (Å²) in [7, 11) is 0. The fourth-order valence-electron chi connectivity index (χ4n) is 6.62. The summed E-state index contributed by atoms with van der Waals surface area (Å²) in [5.74, 6) is 1.66. The molecule has 1 atom stereocenters. The number of nitrogens with one attached hydrogen (secondary N) is 1. The summed E-state index contributed by atoms with van der Waals surface area (Å²) >= 11 is 6.87. The largest absolute Gasteiger partial charge is 0.488 e. The van der Waals surface area contributed by atoms with Crippen molar-refractivity contribution in [2.24, 2.45) is 0 Å². The van der Waals surface area contributed by atoms with Crippen molar-refractivity contribution >= 4 is 23.7 Å². The number of alkyl carbamates (subject to hydrolysis) is 1. The molecule has 2 heterocycles. The molecule has 6 rings (SSSR count). The van der Waals surface area contributed by atoms with E-state index < -0.39 is 23.7 Å². The van der Waals surface area contributed by atoms with Crippen LogP contribution in [0.1, 0.15) is 67.9 Å². The number of fused-ring (bicyclic) bond motifs is 1. The van der Waals surface area contributed by atoms with Crippen molar-refractivity contribution in [1.29, 1.82) is 0 Å². The van der Waals surface area contributed by atoms with Crippen molar-refractivity contribution in [1.82, 2.24) is 10.2 Å². The molecule has 11 heteroatoms. The standard InChI is InChI=1S/C42H47ClN2O8/c1-27-31(11-8-12-33(27)30-14-15-36-39(21-30)50-18-17-49-36)26-52-38-22-37(32(20-34(38)43)24-45-16-6-5-13-35(45)40(46)47)51-25-29-10-7-9-28(19-29)23-44-41(48)53-42(2,3)4/h7-12,14-15,19-22,35H,5-6,13,16-18,23-26H2,1-4H3,(H,44,48)(H,46,47)/t35-/m0/s1. The van der Waals surface area contributed by atoms with Crippen LogP contribution in [-0.4, -0.2) is 53.5 Å². The van der Waals surface area contributed by atoms with Crippen molar-refractivity contribution in [3.8, 4) is 34.1 Å². The maximum Gasteiger partial charge on any atom is 0.407 e. The molecule has 0 aromatic heterocycles. The van der Waals surface area contributed by atoms with Gasteiger partial charge >= 0.3 is 12.1 Å². The van der Waals surface area contributed by atoms with E-state index in [9.17, 15) is 14.7 Å². The van der Waals surface area contributed by atoms with Crippen LogP contribution in [-0.2, 0) is 35.8 Å². The Morgan fingerprint density at radius 1 is 0.887 bits per heavy atom. The quantitative estimate of drug-likeness (QED) is 0.147. The highest BCUT2D eigenvalue weighted by Gasteiger charge is 2.29. The summed E-state index contributed by atoms with van der Waals surface area (Å²) in [5.41, 5.74) is 6.12. The average Bonchev–Trinajstić information content (AvgIpc) is 3.13. The molecular formula is C42H47ClN2O8. The Morgan fingerprint density at radius 3 is 2.43 bits per heavy atom. The second kappa shape index (κ2) is 16.8. The molecule has 0 aliphatic carbocycles. The summed E-state index contributed by atoms with van der Waals surface area (Å²) in [6, 6.07) is 22.9. The Morgan fingerprint density at radius 2 is 1.64 bits per heavy atom. The first kappa shape index (κ1) is 37.8. The van der Waals surface area contributed by atoms with E-state index >= 15 is 0 Å². The van der Waals surface area contributed by atoms with Crippen LogP contribution >= 0.6 is 11.6 Å². The minimum Gasteiger partial charge on any atom is -0.488 e. The molecule has 10 nitrogen and oxygen atoms in total. The van der Waals surface area contributed by atoms with Crippen LogP contribution in [0.25, 0.3) is 11.1 Å². The molecule has 0 saturated carbocycles. The van der Waals surface area contributed by atoms with Crippen LogP contribution in [0.2, 0.25) is 5.02 Å². The van der Waals surface area contributed by atoms with Crippen molar-refractivity contribution in [3.63, 3.8) is 0 Å². The van der Waals surface area contributed by atoms with Gasteiger partial charge in [0.1, 0.15) is 49.6 Å². The predicted molar refractivity (Wildman–Crippen MR) is 203 cm³/mol. The van der Waals surface area contributed by atoms with E-state index in [1.807, 2.05) is 86.3 Å². The number of carbonyl (C=O) groups is 2. The van der Waals surface area contributed by atoms with Crippen LogP contribution in [0.3, 0.4) is 0 Å². The highest BCUT2D eigenvalue weighted by molar-refractivity contribution is 6.32. The fourth-order valence-corrected chi connectivity index (χ4v) is 6.86. The van der Waals surface area contributed by atoms with Gasteiger partial charge in [-0.3, -0.25) is 9.69 Å². The van der Waals surface area contributed by atoms with Gasteiger partial charge in [0.05, 0.1) is 5.02 Å². The first-order valence-electron chi connectivity index (χ1n) is 18.0. The van der Waals surface area contributed by atoms with Crippen molar-refractivity contribution in [2.45, 2.75) is 84.9 Å². The smallest absolute Gasteiger partial charge is 0.407 e. The Labute approximate surface area is 315 Å². The van der Waals surface area contributed by atoms with Gasteiger partial charge in [0.2, 0.25) is 0 Å². The molecule has 1 amide bonds. The summed E-state index contributed by atoms with van der Waals surface area (Å²) < 4.78 is 29.7. The molecule has 2 aliphatic heterocycles. The SMILES string of the molecule is Cc1c(COc2cc(OCc3cccc(CNC(=O)OC(C)(C)C)c3)c(CN3CCCC[C@H]3C(=O)O)cc2Cl)cccc1-c1ccc2c(c1)OCCO2. The summed E-state index contributed by atoms with van der Waals surface area (Å²) in [6.45, 7) is 10.4. The van der Waals surface area contributed by atoms with E-state index in [1.165, 1.54) is 0 Å². The van der Waals surface area contributed by atoms with Crippen LogP contribution in [0.5, 0.6) is 23.0 Å². The van der Waals surface area contributed by atoms with Gasteiger partial charge in [-0.2, -0.15) is 0 Å². The average molecular weight is 743 g/mol. The normalized spacial score (nSPS) is 15.8. The van der Waals surface area contributed by atoms with E-state index in [4.69, 9.17) is 35.3 Å². The first-order valence-corrected chi connectivity index (χ1v) is 18.4. The number of amides is 1. The van der Waals surface area contributed by atoms with Gasteiger partial charge in [-0.15, -0.1) is 0 Å². The summed E-state index contributed by atoms with van der Waals surface area (Å²) in [5, 5.41) is 13.2. The van der Waals surface area contributed by atoms with E-state index in [0.29, 0.717) is 55.8 Å². The van der Waals surface area contributed by atoms with Gasteiger partial charge in [0.15, 0.2) is 11.5 Å². The van der Waals surface area contributed by atoms with Crippen LogP contribution in [0.4, 0.5) is 4.79 Å². The number of rotatable bonds is 12. The highest BCUT2D eigenvalue weighted by Crippen LogP contribution is 2.38. The minimum atomic E-state index is -0.830. The van der Waals surface area contributed by atoms with Crippen molar-refractivity contribution in [2.75, 3.05) is 19.8 Å². The van der Waals surface area contributed by atoms with E-state index in [0.717, 1.165) is 63.3 Å². The topological polar surface area (TPSA) is 116 Å². The first-order chi connectivity index (χ1) is 25.4. The van der Waals surface area contributed by atoms with Crippen LogP contribution in [0.15, 0.2) is 72.8 Å². The molecule has 0 spiro atoms. The third-order valence-corrected chi connectivity index (χ3v) is 9.59. The third kappa shape index (κ3) is 9.94. The highest BCUT2D eigenvalue weighted by atomic mass is 35.5. The number of hydrogen-bond acceptors (Lipinski definition) is 8. The second-order valence-corrected chi connectivity index (χ2v) is 14.8. The van der Waals surface area contributed by atoms with Gasteiger partial charge in [0.25, 0.3) is 0 Å². The molecule has 280 valence electrons. The number of hydrogen-bond donors (Lipinski definition) is 2. The molecule has 1 fully saturated rings. The molecule has 0 bridgehead atoms. The van der Waals surface area contributed by atoms with Crippen molar-refractivity contribution in [3.05, 3.63) is 106 Å². The zero-order valence-electron chi connectivity index (χ0n) is 30.7. The van der Waals surface area contributed by atoms with Gasteiger partial charge in [-0.1, -0.05) is 66.6 Å². The molecule has 2 N–H and O–H groups in total. The fraction of sp³-hybridized carbons (Fsp3) is 0.381. The molecular weight excluding hydrogens is 696 g/mol. The molecule has 1 saturated heterocycles. The lowest BCUT2D eigenvalue weighted by atomic mass is 9.96. The maximum absolute atomic E-state index is 12.2. The van der Waals surface area contributed by atoms with Gasteiger partial charge in [0, 0.05) is 24.7 Å². The Kier molecular flexibility index (Phi) is 12.0. The number of benzene rings is 4. The van der Waals surface area contributed by atoms with E-state index in [-0.39, 0.29) is 13.2 Å². The number of carboxylic acids is 1. The Hall–Kier alpha value is -4.93. The zero-order valence-corrected chi connectivity index (χ0v) is 31.5. The lowest BCUT2D eigenvalue weighted by Gasteiger charge is -2.33. The summed E-state index contributed by atoms with van der Waals surface area (Å²) in [4.78, 5) is 26.3. The second-order valence-electron chi connectivity index (χ2n) is 14.4. The van der Waals surface area contributed by atoms with E-state index in [1.54, 1.807) is 6.07 Å². The molecule has 4 aromatic carbocycles. The van der Waals surface area contributed by atoms with Gasteiger partial charge in [-0.05, 0) is 98.7 Å². The number of halogens is 1. The molecule has 53 heavy (non-hydrogen) atoms. The number of likely N-dealkylation sites (tertiary alicyclic amines) is 1. The van der Waals surface area contributed by atoms with Gasteiger partial charge in [-0.25, -0.2) is 4.79 Å². The third-order valence-electron chi connectivity index (χ3n) is 9.29. The van der Waals surface area contributed by atoms with Crippen LogP contribution < -0.4 is 24.3 Å². The lowest BCUT2D eigenvalue weighted by molar-refractivity contribution is -0.144. The Balaban J connectivity index is 1.21. The lowest BCUT2D eigenvalue weighted by Crippen LogP contribution is -2.44. The zero-order chi connectivity index (χ0) is 37.5. The Bertz CT molecular complexity index is 1940. The monoisotopic (exact) mass is 742 g/mol. The molecule has 0 radical (unpaired) electrons. The maximum atomic E-state index is 12.2. The molecule has 0 unspecified atom stereocenters. The minimum absolute atomic E-state index is 0.230. The number of piperidine rings is 1. The predicted octanol–water partition coefficient (Wildman–Crippen LogP) is 8.71. The number of carbonyl (C=O) groups excluding carboxylic acids is 1. The molecule has 4 aromatic rings. The number of carboxylic acid groups (broad SMARTS) is 1.